The van der Waals surface area contributed by atoms with Crippen molar-refractivity contribution >= 4 is 39.5 Å². The fourth-order valence-corrected chi connectivity index (χ4v) is 6.15. The van der Waals surface area contributed by atoms with Crippen molar-refractivity contribution in [3.63, 3.8) is 0 Å². The first-order chi connectivity index (χ1) is 17.1. The van der Waals surface area contributed by atoms with E-state index in [0.717, 1.165) is 46.4 Å². The smallest absolute Gasteiger partial charge is 0.232 e. The summed E-state index contributed by atoms with van der Waals surface area (Å²) in [4.78, 5) is 28.7. The minimum absolute atomic E-state index is 0.0662. The van der Waals surface area contributed by atoms with Gasteiger partial charge in [-0.15, -0.1) is 31.7 Å². The number of anilines is 1. The third-order valence-corrected chi connectivity index (χ3v) is 7.81. The summed E-state index contributed by atoms with van der Waals surface area (Å²) in [6.07, 6.45) is 9.58. The van der Waals surface area contributed by atoms with Gasteiger partial charge in [0.2, 0.25) is 11.0 Å². The lowest BCUT2D eigenvalue weighted by molar-refractivity contribution is -0.119. The maximum Gasteiger partial charge on any atom is 0.232 e. The topological polar surface area (TPSA) is 128 Å². The zero-order chi connectivity index (χ0) is 24.0. The van der Waals surface area contributed by atoms with Crippen LogP contribution < -0.4 is 5.32 Å². The molecule has 4 aromatic rings. The molecule has 1 aliphatic carbocycles. The third kappa shape index (κ3) is 6.40. The summed E-state index contributed by atoms with van der Waals surface area (Å²) in [6.45, 7) is 0.250. The molecule has 0 unspecified atom stereocenters. The van der Waals surface area contributed by atoms with Gasteiger partial charge in [-0.3, -0.25) is 19.3 Å². The minimum Gasteiger partial charge on any atom is -0.300 e. The molecule has 0 spiro atoms. The van der Waals surface area contributed by atoms with Crippen molar-refractivity contribution in [2.75, 3.05) is 5.32 Å². The first kappa shape index (κ1) is 23.4. The third-order valence-electron chi connectivity index (χ3n) is 5.86. The highest BCUT2D eigenvalue weighted by Gasteiger charge is 2.29. The highest BCUT2D eigenvalue weighted by atomic mass is 32.1. The molecule has 5 rings (SSSR count). The number of nitrogens with zero attached hydrogens (tertiary/aromatic N) is 7. The van der Waals surface area contributed by atoms with E-state index in [4.69, 9.17) is 0 Å². The zero-order valence-corrected chi connectivity index (χ0v) is 20.5. The highest BCUT2D eigenvalue weighted by Crippen LogP contribution is 2.41. The molecule has 0 bridgehead atoms. The fraction of sp³-hybridized carbons (Fsp3) is 0.391. The van der Waals surface area contributed by atoms with Gasteiger partial charge in [-0.1, -0.05) is 17.4 Å². The van der Waals surface area contributed by atoms with Crippen LogP contribution in [0.1, 0.15) is 45.9 Å². The van der Waals surface area contributed by atoms with Crippen LogP contribution in [-0.2, 0) is 35.4 Å². The standard InChI is InChI=1S/C23H24N8O2S2/c32-18(14-31-9-3-8-25-31)13-21-28-27-20(34-21)11-15-5-6-16(10-15)22-29-30-23(35-22)26-19(33)12-17-4-1-2-7-24-17/h1-4,7-9,15-16H,5-6,10-14H2,(H,26,30,33)/t15-,16+/m0/s1. The maximum absolute atomic E-state index is 12.3. The first-order valence-electron chi connectivity index (χ1n) is 11.4. The van der Waals surface area contributed by atoms with Crippen molar-refractivity contribution in [1.29, 1.82) is 0 Å². The van der Waals surface area contributed by atoms with Crippen LogP contribution >= 0.6 is 22.7 Å². The number of nitrogens with one attached hydrogen (secondary N) is 1. The summed E-state index contributed by atoms with van der Waals surface area (Å²) in [5.41, 5.74) is 0.718. The largest absolute Gasteiger partial charge is 0.300 e. The Balaban J connectivity index is 1.09. The summed E-state index contributed by atoms with van der Waals surface area (Å²) in [7, 11) is 0. The molecule has 2 atom stereocenters. The van der Waals surface area contributed by atoms with Crippen LogP contribution in [0.5, 0.6) is 0 Å². The van der Waals surface area contributed by atoms with E-state index >= 15 is 0 Å². The van der Waals surface area contributed by atoms with Gasteiger partial charge in [0.05, 0.1) is 19.4 Å². The molecule has 1 amide bonds. The number of ketones is 1. The second-order valence-electron chi connectivity index (χ2n) is 8.58. The van der Waals surface area contributed by atoms with E-state index in [1.807, 2.05) is 18.2 Å². The van der Waals surface area contributed by atoms with Gasteiger partial charge in [0.25, 0.3) is 0 Å². The molecular formula is C23H24N8O2S2. The van der Waals surface area contributed by atoms with Crippen molar-refractivity contribution in [2.24, 2.45) is 5.92 Å². The van der Waals surface area contributed by atoms with Crippen LogP contribution in [0.4, 0.5) is 5.13 Å². The average Bonchev–Trinajstić information content (AvgIpc) is 3.64. The molecule has 4 heterocycles. The average molecular weight is 509 g/mol. The molecule has 1 N–H and O–H groups in total. The highest BCUT2D eigenvalue weighted by molar-refractivity contribution is 7.15. The Hall–Kier alpha value is -3.38. The number of Topliss-reactive ketones (excluding diaryl/α,β-unsaturated/α-hetero) is 1. The molecular weight excluding hydrogens is 484 g/mol. The van der Waals surface area contributed by atoms with E-state index in [0.29, 0.717) is 17.0 Å². The second-order valence-corrected chi connectivity index (χ2v) is 10.7. The number of carbonyl (C=O) groups is 2. The Kier molecular flexibility index (Phi) is 7.28. The van der Waals surface area contributed by atoms with Crippen LogP contribution in [0.25, 0.3) is 0 Å². The summed E-state index contributed by atoms with van der Waals surface area (Å²) in [5.74, 6) is 0.746. The van der Waals surface area contributed by atoms with Crippen molar-refractivity contribution in [3.05, 3.63) is 63.6 Å². The minimum atomic E-state index is -0.147. The van der Waals surface area contributed by atoms with E-state index < -0.39 is 0 Å². The molecule has 4 aromatic heterocycles. The quantitative estimate of drug-likeness (QED) is 0.346. The molecule has 0 aliphatic heterocycles. The van der Waals surface area contributed by atoms with Crippen molar-refractivity contribution in [2.45, 2.75) is 51.0 Å². The first-order valence-corrected chi connectivity index (χ1v) is 13.1. The lowest BCUT2D eigenvalue weighted by Crippen LogP contribution is -2.14. The number of pyridine rings is 1. The van der Waals surface area contributed by atoms with E-state index in [9.17, 15) is 9.59 Å². The van der Waals surface area contributed by atoms with Gasteiger partial charge in [0.1, 0.15) is 15.0 Å². The molecule has 0 saturated heterocycles. The SMILES string of the molecule is O=C(Cc1nnc(C[C@H]2CC[C@@H](c3nnc(NC(=O)Cc4ccccn4)s3)C2)s1)Cn1cccn1. The molecule has 12 heteroatoms. The van der Waals surface area contributed by atoms with Gasteiger partial charge in [-0.2, -0.15) is 5.10 Å². The number of hydrogen-bond donors (Lipinski definition) is 1. The number of amides is 1. The van der Waals surface area contributed by atoms with Crippen LogP contribution in [-0.4, -0.2) is 46.8 Å². The van der Waals surface area contributed by atoms with Crippen molar-refractivity contribution in [1.82, 2.24) is 35.2 Å². The molecule has 10 nitrogen and oxygen atoms in total. The van der Waals surface area contributed by atoms with Crippen LogP contribution in [0.2, 0.25) is 0 Å². The van der Waals surface area contributed by atoms with Crippen LogP contribution in [0.15, 0.2) is 42.9 Å². The monoisotopic (exact) mass is 508 g/mol. The van der Waals surface area contributed by atoms with Crippen LogP contribution in [0, 0.1) is 5.92 Å². The Labute approximate surface area is 209 Å². The predicted molar refractivity (Wildman–Crippen MR) is 131 cm³/mol. The van der Waals surface area contributed by atoms with E-state index in [2.05, 4.69) is 35.8 Å². The molecule has 1 fully saturated rings. The summed E-state index contributed by atoms with van der Waals surface area (Å²) < 4.78 is 1.62. The molecule has 35 heavy (non-hydrogen) atoms. The molecule has 1 saturated carbocycles. The van der Waals surface area contributed by atoms with Crippen molar-refractivity contribution < 1.29 is 9.59 Å². The lowest BCUT2D eigenvalue weighted by Gasteiger charge is -2.07. The number of rotatable bonds is 10. The Morgan fingerprint density at radius 3 is 2.74 bits per heavy atom. The Morgan fingerprint density at radius 1 is 1.00 bits per heavy atom. The number of carbonyl (C=O) groups excluding carboxylic acids is 2. The van der Waals surface area contributed by atoms with E-state index in [1.165, 1.54) is 22.7 Å². The summed E-state index contributed by atoms with van der Waals surface area (Å²) >= 11 is 2.96. The normalized spacial score (nSPS) is 17.5. The maximum atomic E-state index is 12.3. The number of aromatic nitrogens is 7. The van der Waals surface area contributed by atoms with Gasteiger partial charge in [-0.25, -0.2) is 0 Å². The zero-order valence-electron chi connectivity index (χ0n) is 18.9. The summed E-state index contributed by atoms with van der Waals surface area (Å²) in [5, 5.41) is 27.1. The van der Waals surface area contributed by atoms with Gasteiger partial charge < -0.3 is 5.32 Å². The molecule has 0 radical (unpaired) electrons. The second kappa shape index (κ2) is 10.9. The number of hydrogen-bond acceptors (Lipinski definition) is 10. The van der Waals surface area contributed by atoms with Crippen molar-refractivity contribution in [3.8, 4) is 0 Å². The van der Waals surface area contributed by atoms with E-state index in [1.54, 1.807) is 29.3 Å². The van der Waals surface area contributed by atoms with E-state index in [-0.39, 0.29) is 31.1 Å². The Bertz CT molecular complexity index is 1270. The summed E-state index contributed by atoms with van der Waals surface area (Å²) in [6, 6.07) is 7.31. The molecule has 1 aliphatic rings. The molecule has 0 aromatic carbocycles. The van der Waals surface area contributed by atoms with Gasteiger partial charge in [0.15, 0.2) is 5.78 Å². The fourth-order valence-electron chi connectivity index (χ4n) is 4.25. The van der Waals surface area contributed by atoms with Crippen LogP contribution in [0.3, 0.4) is 0 Å². The predicted octanol–water partition coefficient (Wildman–Crippen LogP) is 3.10. The Morgan fingerprint density at radius 2 is 1.91 bits per heavy atom. The lowest BCUT2D eigenvalue weighted by atomic mass is 10.0. The molecule has 180 valence electrons. The van der Waals surface area contributed by atoms with Gasteiger partial charge in [-0.05, 0) is 43.4 Å². The van der Waals surface area contributed by atoms with Gasteiger partial charge in [0, 0.05) is 36.6 Å². The van der Waals surface area contributed by atoms with Gasteiger partial charge >= 0.3 is 0 Å².